The molecule has 0 aliphatic rings. The van der Waals surface area contributed by atoms with E-state index in [2.05, 4.69) is 26.0 Å². The molecule has 31 heavy (non-hydrogen) atoms. The number of H-pyrrole nitrogens is 1. The highest BCUT2D eigenvalue weighted by Gasteiger charge is 2.12. The maximum atomic E-state index is 12.2. The first kappa shape index (κ1) is 20.1. The summed E-state index contributed by atoms with van der Waals surface area (Å²) in [6.45, 7) is 0. The van der Waals surface area contributed by atoms with Gasteiger partial charge in [-0.05, 0) is 12.5 Å². The predicted molar refractivity (Wildman–Crippen MR) is 115 cm³/mol. The fourth-order valence-corrected chi connectivity index (χ4v) is 3.01. The van der Waals surface area contributed by atoms with Crippen LogP contribution in [0.25, 0.3) is 22.6 Å². The van der Waals surface area contributed by atoms with Crippen molar-refractivity contribution in [3.05, 3.63) is 84.5 Å². The molecule has 2 aromatic carbocycles. The van der Waals surface area contributed by atoms with E-state index in [1.807, 2.05) is 60.7 Å². The summed E-state index contributed by atoms with van der Waals surface area (Å²) in [5.41, 5.74) is 7.55. The molecular weight excluding hydrogens is 394 g/mol. The first-order valence-corrected chi connectivity index (χ1v) is 9.89. The van der Waals surface area contributed by atoms with Gasteiger partial charge in [-0.2, -0.15) is 5.10 Å². The maximum absolute atomic E-state index is 12.2. The Balaban J connectivity index is 1.21. The highest BCUT2D eigenvalue weighted by atomic mass is 16.4. The Morgan fingerprint density at radius 2 is 1.65 bits per heavy atom. The number of amides is 2. The number of aromatic amines is 1. The lowest BCUT2D eigenvalue weighted by molar-refractivity contribution is -0.121. The summed E-state index contributed by atoms with van der Waals surface area (Å²) in [5, 5.41) is 6.80. The number of aromatic nitrogens is 3. The molecule has 2 amide bonds. The number of nitrogens with one attached hydrogen (secondary N) is 3. The molecular formula is C23H21N5O3. The molecule has 0 fully saturated rings. The number of nitrogens with zero attached hydrogens (tertiary/aromatic N) is 2. The van der Waals surface area contributed by atoms with Crippen LogP contribution in [-0.2, 0) is 11.2 Å². The number of carbonyl (C=O) groups is 2. The summed E-state index contributed by atoms with van der Waals surface area (Å²) in [5.74, 6) is 0.498. The van der Waals surface area contributed by atoms with Crippen LogP contribution in [0.2, 0.25) is 0 Å². The zero-order valence-electron chi connectivity index (χ0n) is 16.7. The molecule has 2 heterocycles. The summed E-state index contributed by atoms with van der Waals surface area (Å²) in [4.78, 5) is 28.5. The minimum Gasteiger partial charge on any atom is -0.441 e. The number of rotatable bonds is 7. The van der Waals surface area contributed by atoms with Crippen molar-refractivity contribution < 1.29 is 14.0 Å². The van der Waals surface area contributed by atoms with E-state index in [9.17, 15) is 9.59 Å². The first-order chi connectivity index (χ1) is 15.2. The van der Waals surface area contributed by atoms with Crippen LogP contribution in [0, 0.1) is 0 Å². The summed E-state index contributed by atoms with van der Waals surface area (Å²) < 4.78 is 5.72. The van der Waals surface area contributed by atoms with Crippen LogP contribution in [0.3, 0.4) is 0 Å². The molecule has 0 spiro atoms. The van der Waals surface area contributed by atoms with Crippen LogP contribution in [-0.4, -0.2) is 27.0 Å². The predicted octanol–water partition coefficient (Wildman–Crippen LogP) is 3.52. The second-order valence-corrected chi connectivity index (χ2v) is 6.87. The molecule has 0 saturated heterocycles. The number of carbonyl (C=O) groups excluding carboxylic acids is 2. The maximum Gasteiger partial charge on any atom is 0.287 e. The molecule has 2 aromatic heterocycles. The molecule has 8 heteroatoms. The summed E-state index contributed by atoms with van der Waals surface area (Å²) in [6, 6.07) is 20.8. The van der Waals surface area contributed by atoms with Gasteiger partial charge in [0.05, 0.1) is 11.9 Å². The monoisotopic (exact) mass is 415 g/mol. The van der Waals surface area contributed by atoms with Crippen molar-refractivity contribution in [2.24, 2.45) is 0 Å². The third kappa shape index (κ3) is 5.24. The lowest BCUT2D eigenvalue weighted by atomic mass is 10.1. The fourth-order valence-electron chi connectivity index (χ4n) is 3.01. The smallest absolute Gasteiger partial charge is 0.287 e. The van der Waals surface area contributed by atoms with Crippen LogP contribution in [0.1, 0.15) is 29.2 Å². The van der Waals surface area contributed by atoms with Gasteiger partial charge in [-0.15, -0.1) is 0 Å². The molecule has 4 aromatic rings. The minimum absolute atomic E-state index is 0.224. The average molecular weight is 415 g/mol. The summed E-state index contributed by atoms with van der Waals surface area (Å²) in [7, 11) is 0. The van der Waals surface area contributed by atoms with Crippen LogP contribution < -0.4 is 10.9 Å². The number of hydrogen-bond donors (Lipinski definition) is 3. The lowest BCUT2D eigenvalue weighted by Crippen LogP contribution is -2.41. The number of aryl methyl sites for hydroxylation is 1. The first-order valence-electron chi connectivity index (χ1n) is 9.89. The molecule has 0 aliphatic heterocycles. The molecule has 0 radical (unpaired) electrons. The van der Waals surface area contributed by atoms with E-state index in [0.29, 0.717) is 30.2 Å². The molecule has 0 bridgehead atoms. The number of benzene rings is 2. The van der Waals surface area contributed by atoms with E-state index in [4.69, 9.17) is 4.42 Å². The molecule has 0 saturated carbocycles. The highest BCUT2D eigenvalue weighted by Crippen LogP contribution is 2.20. The van der Waals surface area contributed by atoms with Crippen molar-refractivity contribution in [3.63, 3.8) is 0 Å². The summed E-state index contributed by atoms with van der Waals surface area (Å²) in [6.07, 6.45) is 2.97. The van der Waals surface area contributed by atoms with E-state index < -0.39 is 5.91 Å². The Hall–Kier alpha value is -4.20. The van der Waals surface area contributed by atoms with Gasteiger partial charge in [0.2, 0.25) is 5.91 Å². The SMILES string of the molecule is O=C(CCCc1ncc(-c2ccccc2)o1)NNC(=O)c1cc(-c2ccccc2)n[nH]1. The number of hydrogen-bond acceptors (Lipinski definition) is 5. The Bertz CT molecular complexity index is 1150. The van der Waals surface area contributed by atoms with Crippen molar-refractivity contribution in [2.75, 3.05) is 0 Å². The van der Waals surface area contributed by atoms with Crippen molar-refractivity contribution in [1.82, 2.24) is 26.0 Å². The van der Waals surface area contributed by atoms with Crippen molar-refractivity contribution in [1.29, 1.82) is 0 Å². The molecule has 156 valence electrons. The number of oxazole rings is 1. The Morgan fingerprint density at radius 3 is 2.39 bits per heavy atom. The van der Waals surface area contributed by atoms with Gasteiger partial charge in [0.1, 0.15) is 5.69 Å². The quantitative estimate of drug-likeness (QED) is 0.400. The van der Waals surface area contributed by atoms with Crippen LogP contribution in [0.5, 0.6) is 0 Å². The van der Waals surface area contributed by atoms with Gasteiger partial charge in [0.25, 0.3) is 5.91 Å². The van der Waals surface area contributed by atoms with E-state index in [-0.39, 0.29) is 18.0 Å². The van der Waals surface area contributed by atoms with Gasteiger partial charge < -0.3 is 4.42 Å². The van der Waals surface area contributed by atoms with E-state index in [0.717, 1.165) is 11.1 Å². The van der Waals surface area contributed by atoms with E-state index in [1.54, 1.807) is 12.3 Å². The molecule has 4 rings (SSSR count). The zero-order chi connectivity index (χ0) is 21.5. The second-order valence-electron chi connectivity index (χ2n) is 6.87. The highest BCUT2D eigenvalue weighted by molar-refractivity contribution is 5.94. The molecule has 3 N–H and O–H groups in total. The van der Waals surface area contributed by atoms with Crippen molar-refractivity contribution in [3.8, 4) is 22.6 Å². The van der Waals surface area contributed by atoms with Crippen LogP contribution in [0.15, 0.2) is 77.3 Å². The molecule has 0 aliphatic carbocycles. The summed E-state index contributed by atoms with van der Waals surface area (Å²) >= 11 is 0. The van der Waals surface area contributed by atoms with Gasteiger partial charge in [-0.1, -0.05) is 60.7 Å². The standard InChI is InChI=1S/C23H21N5O3/c29-21(12-7-13-22-24-15-20(31-22)17-10-5-2-6-11-17)27-28-23(30)19-14-18(25-26-19)16-8-3-1-4-9-16/h1-6,8-11,14-15H,7,12-13H2,(H,25,26)(H,27,29)(H,28,30). The zero-order valence-corrected chi connectivity index (χ0v) is 16.7. The third-order valence-electron chi connectivity index (χ3n) is 4.61. The Kier molecular flexibility index (Phi) is 6.18. The largest absolute Gasteiger partial charge is 0.441 e. The van der Waals surface area contributed by atoms with Gasteiger partial charge in [0.15, 0.2) is 11.7 Å². The normalized spacial score (nSPS) is 10.6. The Labute approximate surface area is 178 Å². The third-order valence-corrected chi connectivity index (χ3v) is 4.61. The van der Waals surface area contributed by atoms with Gasteiger partial charge in [-0.25, -0.2) is 4.98 Å². The van der Waals surface area contributed by atoms with Crippen LogP contribution in [0.4, 0.5) is 0 Å². The molecule has 0 unspecified atom stereocenters. The van der Waals surface area contributed by atoms with E-state index >= 15 is 0 Å². The van der Waals surface area contributed by atoms with Crippen molar-refractivity contribution in [2.45, 2.75) is 19.3 Å². The minimum atomic E-state index is -0.469. The van der Waals surface area contributed by atoms with E-state index in [1.165, 1.54) is 0 Å². The van der Waals surface area contributed by atoms with Gasteiger partial charge in [-0.3, -0.25) is 25.5 Å². The van der Waals surface area contributed by atoms with Crippen molar-refractivity contribution >= 4 is 11.8 Å². The molecule has 0 atom stereocenters. The average Bonchev–Trinajstić information content (AvgIpc) is 3.49. The van der Waals surface area contributed by atoms with Gasteiger partial charge in [0, 0.05) is 24.0 Å². The lowest BCUT2D eigenvalue weighted by Gasteiger charge is -2.05. The second kappa shape index (κ2) is 9.53. The topological polar surface area (TPSA) is 113 Å². The molecule has 8 nitrogen and oxygen atoms in total. The fraction of sp³-hybridized carbons (Fsp3) is 0.130. The number of hydrazine groups is 1. The van der Waals surface area contributed by atoms with Crippen LogP contribution >= 0.6 is 0 Å². The van der Waals surface area contributed by atoms with Gasteiger partial charge >= 0.3 is 0 Å². The Morgan fingerprint density at radius 1 is 0.935 bits per heavy atom.